The molecule has 7 nitrogen and oxygen atoms in total. The van der Waals surface area contributed by atoms with E-state index in [9.17, 15) is 14.9 Å². The molecule has 1 atom stereocenters. The first-order chi connectivity index (χ1) is 19.3. The average molecular weight is 578 g/mol. The number of hydrogen-bond acceptors (Lipinski definition) is 7. The van der Waals surface area contributed by atoms with Crippen LogP contribution < -0.4 is 15.4 Å². The molecule has 0 radical (unpaired) electrons. The Hall–Kier alpha value is -3.09. The van der Waals surface area contributed by atoms with Gasteiger partial charge in [-0.05, 0) is 50.0 Å². The van der Waals surface area contributed by atoms with Gasteiger partial charge in [0, 0.05) is 50.5 Å². The molecule has 2 aliphatic rings. The minimum atomic E-state index is -0.283. The maximum Gasteiger partial charge on any atom is 0.270 e. The summed E-state index contributed by atoms with van der Waals surface area (Å²) in [6.45, 7) is 12.2. The number of pyridine rings is 1. The van der Waals surface area contributed by atoms with E-state index >= 15 is 0 Å². The number of anilines is 2. The molecule has 2 fully saturated rings. The fraction of sp³-hybridized carbons (Fsp3) is 0.484. The van der Waals surface area contributed by atoms with Gasteiger partial charge in [-0.25, -0.2) is 0 Å². The Morgan fingerprint density at radius 3 is 2.35 bits per heavy atom. The summed E-state index contributed by atoms with van der Waals surface area (Å²) >= 11 is 6.98. The van der Waals surface area contributed by atoms with Gasteiger partial charge in [-0.3, -0.25) is 19.1 Å². The predicted molar refractivity (Wildman–Crippen MR) is 170 cm³/mol. The molecule has 0 spiro atoms. The molecule has 3 heterocycles. The van der Waals surface area contributed by atoms with E-state index in [1.165, 1.54) is 17.4 Å². The molecule has 1 amide bonds. The van der Waals surface area contributed by atoms with Crippen LogP contribution in [0.25, 0.3) is 6.08 Å². The van der Waals surface area contributed by atoms with Gasteiger partial charge in [0.1, 0.15) is 21.8 Å². The quantitative estimate of drug-likeness (QED) is 0.261. The zero-order chi connectivity index (χ0) is 28.8. The molecule has 0 saturated carbocycles. The molecule has 1 aromatic heterocycles. The molecule has 1 unspecified atom stereocenters. The molecule has 4 rings (SSSR count). The Morgan fingerprint density at radius 1 is 1.07 bits per heavy atom. The summed E-state index contributed by atoms with van der Waals surface area (Å²) < 4.78 is 2.26. The minimum Gasteiger partial charge on any atom is -0.368 e. The molecule has 2 aromatic rings. The summed E-state index contributed by atoms with van der Waals surface area (Å²) in [5.41, 5.74) is 2.39. The number of carbonyl (C=O) groups is 1. The smallest absolute Gasteiger partial charge is 0.270 e. The molecule has 2 aliphatic heterocycles. The summed E-state index contributed by atoms with van der Waals surface area (Å²) in [6, 6.07) is 12.5. The number of amides is 1. The monoisotopic (exact) mass is 577 g/mol. The van der Waals surface area contributed by atoms with E-state index in [2.05, 4.69) is 41.8 Å². The van der Waals surface area contributed by atoms with Crippen LogP contribution in [0.15, 0.2) is 40.0 Å². The first-order valence-electron chi connectivity index (χ1n) is 14.3. The van der Waals surface area contributed by atoms with Gasteiger partial charge in [0.25, 0.3) is 11.5 Å². The lowest BCUT2D eigenvalue weighted by atomic mass is 9.99. The van der Waals surface area contributed by atoms with Crippen molar-refractivity contribution in [3.05, 3.63) is 62.3 Å². The standard InChI is InChI=1S/C31H39N5O2S2/c1-5-8-12-23(6-2)21-36-30(38)27(40-31(36)39)19-25-22(4)26(20-32)29(37)35(7-3)28(25)34-17-15-33(16-18-34)24-13-10-9-11-14-24/h9-11,13-14,19,23H,5-8,12,15-18,21H2,1-4H3/b27-19+. The van der Waals surface area contributed by atoms with Crippen LogP contribution in [0.2, 0.25) is 0 Å². The number of hydrogen-bond donors (Lipinski definition) is 0. The van der Waals surface area contributed by atoms with E-state index in [1.807, 2.05) is 38.1 Å². The van der Waals surface area contributed by atoms with Crippen LogP contribution >= 0.6 is 24.0 Å². The van der Waals surface area contributed by atoms with Gasteiger partial charge < -0.3 is 9.80 Å². The van der Waals surface area contributed by atoms with Crippen molar-refractivity contribution in [2.75, 3.05) is 42.5 Å². The number of para-hydroxylation sites is 1. The van der Waals surface area contributed by atoms with Crippen molar-refractivity contribution in [1.82, 2.24) is 9.47 Å². The summed E-state index contributed by atoms with van der Waals surface area (Å²) in [4.78, 5) is 33.9. The Balaban J connectivity index is 1.70. The van der Waals surface area contributed by atoms with Crippen molar-refractivity contribution in [2.24, 2.45) is 5.92 Å². The van der Waals surface area contributed by atoms with Crippen LogP contribution in [0.3, 0.4) is 0 Å². The molecule has 2 saturated heterocycles. The lowest BCUT2D eigenvalue weighted by molar-refractivity contribution is -0.122. The highest BCUT2D eigenvalue weighted by Crippen LogP contribution is 2.37. The third-order valence-electron chi connectivity index (χ3n) is 8.00. The van der Waals surface area contributed by atoms with Gasteiger partial charge in [0.15, 0.2) is 0 Å². The SMILES string of the molecule is CCCCC(CC)CN1C(=O)/C(=C\c2c(C)c(C#N)c(=O)n(CC)c2N2CCN(c3ccccc3)CC2)SC1=S. The van der Waals surface area contributed by atoms with Crippen molar-refractivity contribution in [2.45, 2.75) is 59.9 Å². The molecular weight excluding hydrogens is 539 g/mol. The first kappa shape index (κ1) is 29.9. The predicted octanol–water partition coefficient (Wildman–Crippen LogP) is 5.79. The second kappa shape index (κ2) is 13.5. The van der Waals surface area contributed by atoms with Crippen LogP contribution in [0, 0.1) is 24.2 Å². The molecule has 1 aromatic carbocycles. The normalized spacial score (nSPS) is 17.6. The third-order valence-corrected chi connectivity index (χ3v) is 9.37. The maximum absolute atomic E-state index is 13.6. The number of nitrogens with zero attached hydrogens (tertiary/aromatic N) is 5. The van der Waals surface area contributed by atoms with E-state index in [1.54, 1.807) is 9.47 Å². The fourth-order valence-electron chi connectivity index (χ4n) is 5.56. The van der Waals surface area contributed by atoms with Gasteiger partial charge in [-0.15, -0.1) is 0 Å². The summed E-state index contributed by atoms with van der Waals surface area (Å²) in [6.07, 6.45) is 6.21. The van der Waals surface area contributed by atoms with Crippen LogP contribution in [0.4, 0.5) is 11.5 Å². The van der Waals surface area contributed by atoms with Gasteiger partial charge in [-0.2, -0.15) is 5.26 Å². The third kappa shape index (κ3) is 6.13. The second-order valence-corrected chi connectivity index (χ2v) is 12.1. The van der Waals surface area contributed by atoms with E-state index in [0.717, 1.165) is 63.2 Å². The Kier molecular flexibility index (Phi) is 10.1. The Morgan fingerprint density at radius 2 is 1.75 bits per heavy atom. The van der Waals surface area contributed by atoms with E-state index in [0.29, 0.717) is 33.8 Å². The average Bonchev–Trinajstić information content (AvgIpc) is 3.24. The van der Waals surface area contributed by atoms with Crippen molar-refractivity contribution in [3.8, 4) is 6.07 Å². The van der Waals surface area contributed by atoms with E-state index in [-0.39, 0.29) is 17.0 Å². The lowest BCUT2D eigenvalue weighted by Crippen LogP contribution is -2.48. The molecule has 40 heavy (non-hydrogen) atoms. The maximum atomic E-state index is 13.6. The molecule has 0 bridgehead atoms. The zero-order valence-electron chi connectivity index (χ0n) is 24.0. The molecule has 0 aliphatic carbocycles. The van der Waals surface area contributed by atoms with Crippen LogP contribution in [0.5, 0.6) is 0 Å². The van der Waals surface area contributed by atoms with Gasteiger partial charge in [-0.1, -0.05) is 75.3 Å². The van der Waals surface area contributed by atoms with Crippen molar-refractivity contribution in [1.29, 1.82) is 5.26 Å². The highest BCUT2D eigenvalue weighted by Gasteiger charge is 2.34. The minimum absolute atomic E-state index is 0.0862. The van der Waals surface area contributed by atoms with Crippen LogP contribution in [0.1, 0.15) is 63.1 Å². The van der Waals surface area contributed by atoms with E-state index in [4.69, 9.17) is 12.2 Å². The molecule has 212 valence electrons. The number of aromatic nitrogens is 1. The van der Waals surface area contributed by atoms with Gasteiger partial charge in [0.2, 0.25) is 0 Å². The number of thiocarbonyl (C=S) groups is 1. The van der Waals surface area contributed by atoms with Crippen molar-refractivity contribution in [3.63, 3.8) is 0 Å². The van der Waals surface area contributed by atoms with Crippen molar-refractivity contribution < 1.29 is 4.79 Å². The molecule has 0 N–H and O–H groups in total. The topological polar surface area (TPSA) is 72.6 Å². The van der Waals surface area contributed by atoms with Crippen molar-refractivity contribution >= 4 is 51.8 Å². The van der Waals surface area contributed by atoms with Crippen LogP contribution in [-0.4, -0.2) is 52.4 Å². The van der Waals surface area contributed by atoms with Gasteiger partial charge >= 0.3 is 0 Å². The summed E-state index contributed by atoms with van der Waals surface area (Å²) in [7, 11) is 0. The second-order valence-electron chi connectivity index (χ2n) is 10.4. The lowest BCUT2D eigenvalue weighted by Gasteiger charge is -2.39. The molecule has 9 heteroatoms. The largest absolute Gasteiger partial charge is 0.368 e. The highest BCUT2D eigenvalue weighted by atomic mass is 32.2. The number of unbranched alkanes of at least 4 members (excludes halogenated alkanes) is 1. The number of nitriles is 1. The molecular formula is C31H39N5O2S2. The van der Waals surface area contributed by atoms with E-state index < -0.39 is 0 Å². The van der Waals surface area contributed by atoms with Crippen LogP contribution in [-0.2, 0) is 11.3 Å². The number of thioether (sulfide) groups is 1. The fourth-order valence-corrected chi connectivity index (χ4v) is 6.81. The number of piperazine rings is 1. The summed E-state index contributed by atoms with van der Waals surface area (Å²) in [5.74, 6) is 1.10. The number of carbonyl (C=O) groups excluding carboxylic acids is 1. The first-order valence-corrected chi connectivity index (χ1v) is 15.5. The Bertz CT molecular complexity index is 1370. The number of benzene rings is 1. The highest BCUT2D eigenvalue weighted by molar-refractivity contribution is 8.26. The number of rotatable bonds is 10. The summed E-state index contributed by atoms with van der Waals surface area (Å²) in [5, 5.41) is 9.89. The zero-order valence-corrected chi connectivity index (χ0v) is 25.6. The Labute approximate surface area is 247 Å². The van der Waals surface area contributed by atoms with Gasteiger partial charge in [0.05, 0.1) is 4.91 Å².